The molecule has 1 aliphatic heterocycles. The van der Waals surface area contributed by atoms with Gasteiger partial charge in [0.1, 0.15) is 11.8 Å². The molecular weight excluding hydrogens is 386 g/mol. The summed E-state index contributed by atoms with van der Waals surface area (Å²) in [6.45, 7) is 4.26. The van der Waals surface area contributed by atoms with Gasteiger partial charge in [0.2, 0.25) is 0 Å². The Bertz CT molecular complexity index is 1040. The van der Waals surface area contributed by atoms with E-state index >= 15 is 0 Å². The summed E-state index contributed by atoms with van der Waals surface area (Å²) in [7, 11) is 0. The van der Waals surface area contributed by atoms with E-state index in [1.807, 2.05) is 85.6 Å². The van der Waals surface area contributed by atoms with E-state index in [4.69, 9.17) is 16.4 Å². The van der Waals surface area contributed by atoms with E-state index in [-0.39, 0.29) is 17.8 Å². The van der Waals surface area contributed by atoms with Gasteiger partial charge in [0.25, 0.3) is 5.91 Å². The Morgan fingerprint density at radius 1 is 1.07 bits per heavy atom. The number of rotatable bonds is 5. The number of hydrogen-bond acceptors (Lipinski definition) is 4. The fourth-order valence-electron chi connectivity index (χ4n) is 3.68. The van der Waals surface area contributed by atoms with Crippen LogP contribution in [-0.4, -0.2) is 26.6 Å². The normalized spacial score (nSPS) is 16.9. The van der Waals surface area contributed by atoms with Crippen molar-refractivity contribution in [2.45, 2.75) is 26.4 Å². The lowest BCUT2D eigenvalue weighted by Crippen LogP contribution is -2.28. The Hall–Kier alpha value is -2.89. The maximum Gasteiger partial charge on any atom is 0.279 e. The Morgan fingerprint density at radius 2 is 1.72 bits per heavy atom. The Morgan fingerprint density at radius 3 is 2.31 bits per heavy atom. The summed E-state index contributed by atoms with van der Waals surface area (Å²) < 4.78 is 1.43. The number of aryl methyl sites for hydroxylation is 2. The third-order valence-corrected chi connectivity index (χ3v) is 5.18. The van der Waals surface area contributed by atoms with Crippen molar-refractivity contribution in [3.63, 3.8) is 0 Å². The van der Waals surface area contributed by atoms with Gasteiger partial charge in [0, 0.05) is 5.69 Å². The fraction of sp³-hybridized carbons (Fsp3) is 0.217. The number of allylic oxidation sites excluding steroid dienone is 1. The first-order chi connectivity index (χ1) is 14.1. The largest absolute Gasteiger partial charge is 0.407 e. The molecule has 6 heteroatoms. The average molecular weight is 408 g/mol. The molecule has 148 valence electrons. The minimum atomic E-state index is -0.374. The molecular formula is C23H22ClN3O2. The van der Waals surface area contributed by atoms with E-state index in [2.05, 4.69) is 5.10 Å². The lowest BCUT2D eigenvalue weighted by Gasteiger charge is -2.25. The van der Waals surface area contributed by atoms with Crippen LogP contribution in [0.3, 0.4) is 0 Å². The molecule has 0 bridgehead atoms. The van der Waals surface area contributed by atoms with Crippen LogP contribution in [0.15, 0.2) is 78.1 Å². The zero-order valence-corrected chi connectivity index (χ0v) is 17.1. The molecule has 0 aliphatic carbocycles. The van der Waals surface area contributed by atoms with Crippen LogP contribution in [0, 0.1) is 13.8 Å². The van der Waals surface area contributed by atoms with Crippen LogP contribution in [0.2, 0.25) is 0 Å². The standard InChI is InChI=1S/C23H22ClN3O2/c1-16-13-17(2)27(25-16)23(28)21-20(14-24)29-26(15-18-9-5-3-6-10-18)22(21)19-11-7-4-8-12-19/h3-13,22H,14-15H2,1-2H3/t22-/m1/s1. The number of nitrogens with zero attached hydrogens (tertiary/aromatic N) is 3. The van der Waals surface area contributed by atoms with Crippen LogP contribution < -0.4 is 0 Å². The smallest absolute Gasteiger partial charge is 0.279 e. The third-order valence-electron chi connectivity index (χ3n) is 4.94. The summed E-state index contributed by atoms with van der Waals surface area (Å²) >= 11 is 6.21. The Balaban J connectivity index is 1.77. The first-order valence-electron chi connectivity index (χ1n) is 9.49. The zero-order valence-electron chi connectivity index (χ0n) is 16.4. The number of carbonyl (C=O) groups is 1. The molecule has 2 aromatic carbocycles. The zero-order chi connectivity index (χ0) is 20.4. The van der Waals surface area contributed by atoms with Gasteiger partial charge in [-0.2, -0.15) is 5.10 Å². The van der Waals surface area contributed by atoms with Crippen molar-refractivity contribution in [2.24, 2.45) is 0 Å². The second-order valence-corrected chi connectivity index (χ2v) is 7.35. The SMILES string of the molecule is Cc1cc(C)n(C(=O)C2=C(CCl)ON(Cc3ccccc3)[C@@H]2c2ccccc2)n1. The summed E-state index contributed by atoms with van der Waals surface area (Å²) in [5, 5.41) is 6.20. The minimum absolute atomic E-state index is 0.106. The van der Waals surface area contributed by atoms with Crippen LogP contribution in [-0.2, 0) is 11.4 Å². The first-order valence-corrected chi connectivity index (χ1v) is 10.0. The number of hydrogen-bond donors (Lipinski definition) is 0. The molecule has 0 saturated carbocycles. The van der Waals surface area contributed by atoms with E-state index in [9.17, 15) is 4.79 Å². The van der Waals surface area contributed by atoms with Gasteiger partial charge in [0.05, 0.1) is 23.7 Å². The van der Waals surface area contributed by atoms with Crippen LogP contribution in [0.25, 0.3) is 0 Å². The molecule has 0 amide bonds. The van der Waals surface area contributed by atoms with Gasteiger partial charge in [-0.3, -0.25) is 4.79 Å². The highest BCUT2D eigenvalue weighted by molar-refractivity contribution is 6.19. The van der Waals surface area contributed by atoms with Crippen molar-refractivity contribution in [3.8, 4) is 0 Å². The molecule has 1 atom stereocenters. The molecule has 0 fully saturated rings. The van der Waals surface area contributed by atoms with Crippen LogP contribution in [0.4, 0.5) is 0 Å². The topological polar surface area (TPSA) is 47.4 Å². The molecule has 3 aromatic rings. The highest BCUT2D eigenvalue weighted by Crippen LogP contribution is 2.40. The van der Waals surface area contributed by atoms with Crippen molar-refractivity contribution in [2.75, 3.05) is 5.88 Å². The average Bonchev–Trinajstić information content (AvgIpc) is 3.28. The van der Waals surface area contributed by atoms with E-state index in [0.717, 1.165) is 22.5 Å². The van der Waals surface area contributed by atoms with Gasteiger partial charge in [0.15, 0.2) is 0 Å². The summed E-state index contributed by atoms with van der Waals surface area (Å²) in [4.78, 5) is 19.6. The molecule has 5 nitrogen and oxygen atoms in total. The highest BCUT2D eigenvalue weighted by Gasteiger charge is 2.40. The number of carbonyl (C=O) groups excluding carboxylic acids is 1. The third kappa shape index (κ3) is 3.84. The predicted octanol–water partition coefficient (Wildman–Crippen LogP) is 4.82. The maximum atomic E-state index is 13.5. The number of hydroxylamine groups is 2. The van der Waals surface area contributed by atoms with E-state index < -0.39 is 0 Å². The Labute approximate surface area is 175 Å². The lowest BCUT2D eigenvalue weighted by atomic mass is 9.97. The summed E-state index contributed by atoms with van der Waals surface area (Å²) in [6.07, 6.45) is 0. The summed E-state index contributed by atoms with van der Waals surface area (Å²) in [6, 6.07) is 21.4. The molecule has 0 unspecified atom stereocenters. The van der Waals surface area contributed by atoms with Crippen molar-refractivity contribution in [1.29, 1.82) is 0 Å². The van der Waals surface area contributed by atoms with Crippen LogP contribution >= 0.6 is 11.6 Å². The van der Waals surface area contributed by atoms with Gasteiger partial charge < -0.3 is 4.84 Å². The minimum Gasteiger partial charge on any atom is -0.407 e. The van der Waals surface area contributed by atoms with Crippen molar-refractivity contribution >= 4 is 17.5 Å². The second-order valence-electron chi connectivity index (χ2n) is 7.08. The van der Waals surface area contributed by atoms with Crippen molar-refractivity contribution in [3.05, 3.63) is 101 Å². The number of benzene rings is 2. The molecule has 1 aromatic heterocycles. The Kier molecular flexibility index (Phi) is 5.51. The summed E-state index contributed by atoms with van der Waals surface area (Å²) in [5.74, 6) is 0.360. The second kappa shape index (κ2) is 8.23. The van der Waals surface area contributed by atoms with Gasteiger partial charge in [-0.1, -0.05) is 60.7 Å². The van der Waals surface area contributed by atoms with E-state index in [0.29, 0.717) is 17.9 Å². The lowest BCUT2D eigenvalue weighted by molar-refractivity contribution is -0.126. The monoisotopic (exact) mass is 407 g/mol. The summed E-state index contributed by atoms with van der Waals surface area (Å²) in [5.41, 5.74) is 4.14. The van der Waals surface area contributed by atoms with E-state index in [1.54, 1.807) is 0 Å². The number of alkyl halides is 1. The van der Waals surface area contributed by atoms with Gasteiger partial charge in [-0.15, -0.1) is 16.7 Å². The number of halogens is 1. The van der Waals surface area contributed by atoms with Crippen molar-refractivity contribution < 1.29 is 9.63 Å². The van der Waals surface area contributed by atoms with Crippen molar-refractivity contribution in [1.82, 2.24) is 14.8 Å². The molecule has 4 rings (SSSR count). The molecule has 1 aliphatic rings. The fourth-order valence-corrected chi connectivity index (χ4v) is 3.87. The molecule has 2 heterocycles. The predicted molar refractivity (Wildman–Crippen MR) is 112 cm³/mol. The molecule has 29 heavy (non-hydrogen) atoms. The van der Waals surface area contributed by atoms with Gasteiger partial charge in [-0.05, 0) is 31.0 Å². The van der Waals surface area contributed by atoms with Crippen LogP contribution in [0.5, 0.6) is 0 Å². The molecule has 0 radical (unpaired) electrons. The van der Waals surface area contributed by atoms with Crippen LogP contribution in [0.1, 0.15) is 33.4 Å². The van der Waals surface area contributed by atoms with Gasteiger partial charge >= 0.3 is 0 Å². The molecule has 0 saturated heterocycles. The molecule has 0 spiro atoms. The molecule has 0 N–H and O–H groups in total. The first kappa shape index (κ1) is 19.4. The highest BCUT2D eigenvalue weighted by atomic mass is 35.5. The van der Waals surface area contributed by atoms with E-state index in [1.165, 1.54) is 4.68 Å². The van der Waals surface area contributed by atoms with Gasteiger partial charge in [-0.25, -0.2) is 4.68 Å². The number of aromatic nitrogens is 2. The quantitative estimate of drug-likeness (QED) is 0.569. The maximum absolute atomic E-state index is 13.5.